The highest BCUT2D eigenvalue weighted by atomic mass is 32.2. The van der Waals surface area contributed by atoms with Crippen LogP contribution in [0.2, 0.25) is 0 Å². The van der Waals surface area contributed by atoms with Crippen molar-refractivity contribution in [3.05, 3.63) is 70.6 Å². The molecule has 148 valence electrons. The zero-order valence-corrected chi connectivity index (χ0v) is 18.2. The van der Waals surface area contributed by atoms with Gasteiger partial charge in [-0.25, -0.2) is 4.99 Å². The van der Waals surface area contributed by atoms with E-state index in [4.69, 9.17) is 0 Å². The first-order chi connectivity index (χ1) is 13.8. The third kappa shape index (κ3) is 3.62. The van der Waals surface area contributed by atoms with E-state index < -0.39 is 0 Å². The molecule has 1 fully saturated rings. The van der Waals surface area contributed by atoms with Crippen molar-refractivity contribution >= 4 is 45.9 Å². The number of thioether (sulfide) groups is 1. The fourth-order valence-corrected chi connectivity index (χ4v) is 4.67. The summed E-state index contributed by atoms with van der Waals surface area (Å²) in [5, 5.41) is 0.697. The van der Waals surface area contributed by atoms with Gasteiger partial charge in [-0.1, -0.05) is 30.3 Å². The van der Waals surface area contributed by atoms with E-state index in [-0.39, 0.29) is 11.4 Å². The number of para-hydroxylation sites is 1. The number of fused-ring (bicyclic) bond motifs is 1. The smallest absolute Gasteiger partial charge is 0.266 e. The summed E-state index contributed by atoms with van der Waals surface area (Å²) in [6.45, 7) is 6.58. The maximum atomic E-state index is 12.7. The molecule has 0 spiro atoms. The van der Waals surface area contributed by atoms with Crippen LogP contribution in [0.1, 0.15) is 31.9 Å². The molecule has 1 saturated heterocycles. The first kappa shape index (κ1) is 19.5. The molecule has 0 unspecified atom stereocenters. The second-order valence-corrected chi connectivity index (χ2v) is 9.03. The second kappa shape index (κ2) is 7.23. The number of aliphatic imine (C=N–C) groups is 1. The van der Waals surface area contributed by atoms with E-state index >= 15 is 0 Å². The Balaban J connectivity index is 1.66. The van der Waals surface area contributed by atoms with Crippen LogP contribution in [0.5, 0.6) is 0 Å². The highest BCUT2D eigenvalue weighted by Crippen LogP contribution is 2.39. The summed E-state index contributed by atoms with van der Waals surface area (Å²) in [6.07, 6.45) is 4.25. The third-order valence-corrected chi connectivity index (χ3v) is 6.58. The molecule has 2 aliphatic heterocycles. The van der Waals surface area contributed by atoms with E-state index in [0.717, 1.165) is 11.3 Å². The topological polar surface area (TPSA) is 35.9 Å². The zero-order valence-electron chi connectivity index (χ0n) is 17.4. The van der Waals surface area contributed by atoms with Crippen LogP contribution in [0.4, 0.5) is 11.4 Å². The van der Waals surface area contributed by atoms with E-state index in [1.54, 1.807) is 11.9 Å². The average Bonchev–Trinajstić information content (AvgIpc) is 2.95. The van der Waals surface area contributed by atoms with Crippen LogP contribution in [-0.4, -0.2) is 35.6 Å². The molecule has 2 heterocycles. The van der Waals surface area contributed by atoms with Crippen LogP contribution in [0, 0.1) is 0 Å². The number of hydrogen-bond acceptors (Lipinski definition) is 4. The fourth-order valence-electron chi connectivity index (χ4n) is 3.68. The molecule has 2 aromatic rings. The minimum Gasteiger partial charge on any atom is -0.366 e. The van der Waals surface area contributed by atoms with Crippen molar-refractivity contribution in [1.82, 2.24) is 4.90 Å². The minimum atomic E-state index is -0.0204. The number of likely N-dealkylation sites (N-methyl/N-ethyl adjacent to an activating group) is 2. The lowest BCUT2D eigenvalue weighted by molar-refractivity contribution is -0.121. The number of allylic oxidation sites excluding steroid dienone is 1. The first-order valence-electron chi connectivity index (χ1n) is 9.65. The van der Waals surface area contributed by atoms with E-state index in [1.165, 1.54) is 28.6 Å². The Hall–Kier alpha value is -2.79. The van der Waals surface area contributed by atoms with Crippen LogP contribution < -0.4 is 4.90 Å². The van der Waals surface area contributed by atoms with Gasteiger partial charge in [0.2, 0.25) is 0 Å². The summed E-state index contributed by atoms with van der Waals surface area (Å²) in [4.78, 5) is 21.9. The molecule has 0 saturated carbocycles. The molecule has 0 aromatic heterocycles. The summed E-state index contributed by atoms with van der Waals surface area (Å²) >= 11 is 1.42. The van der Waals surface area contributed by atoms with Crippen molar-refractivity contribution in [3.63, 3.8) is 0 Å². The van der Waals surface area contributed by atoms with Gasteiger partial charge in [-0.2, -0.15) is 0 Å². The van der Waals surface area contributed by atoms with Crippen LogP contribution in [0.3, 0.4) is 0 Å². The summed E-state index contributed by atoms with van der Waals surface area (Å²) in [5.41, 5.74) is 5.54. The number of amidine groups is 1. The number of carbonyl (C=O) groups excluding carboxylic acids is 1. The molecule has 0 aliphatic carbocycles. The monoisotopic (exact) mass is 403 g/mol. The molecule has 5 heteroatoms. The van der Waals surface area contributed by atoms with Gasteiger partial charge in [0.1, 0.15) is 0 Å². The van der Waals surface area contributed by atoms with E-state index in [2.05, 4.69) is 62.0 Å². The van der Waals surface area contributed by atoms with Gasteiger partial charge in [-0.05, 0) is 74.0 Å². The zero-order chi connectivity index (χ0) is 20.8. The molecule has 0 radical (unpaired) electrons. The number of benzene rings is 2. The van der Waals surface area contributed by atoms with Crippen molar-refractivity contribution in [1.29, 1.82) is 0 Å². The Kier molecular flexibility index (Phi) is 4.87. The molecule has 2 aromatic carbocycles. The lowest BCUT2D eigenvalue weighted by Gasteiger charge is -2.40. The van der Waals surface area contributed by atoms with Gasteiger partial charge < -0.3 is 4.90 Å². The largest absolute Gasteiger partial charge is 0.366 e. The molecular formula is C24H25N3OS. The Morgan fingerprint density at radius 3 is 2.52 bits per heavy atom. The normalized spacial score (nSPS) is 21.0. The van der Waals surface area contributed by atoms with Crippen molar-refractivity contribution in [3.8, 4) is 0 Å². The first-order valence-corrected chi connectivity index (χ1v) is 10.5. The highest BCUT2D eigenvalue weighted by molar-refractivity contribution is 8.18. The predicted octanol–water partition coefficient (Wildman–Crippen LogP) is 5.55. The lowest BCUT2D eigenvalue weighted by atomic mass is 9.88. The van der Waals surface area contributed by atoms with Crippen molar-refractivity contribution in [2.24, 2.45) is 4.99 Å². The van der Waals surface area contributed by atoms with Crippen LogP contribution in [0.25, 0.3) is 11.6 Å². The van der Waals surface area contributed by atoms with Crippen molar-refractivity contribution < 1.29 is 4.79 Å². The number of rotatable bonds is 2. The van der Waals surface area contributed by atoms with E-state index in [1.807, 2.05) is 36.4 Å². The molecule has 4 rings (SSSR count). The van der Waals surface area contributed by atoms with Gasteiger partial charge in [0.25, 0.3) is 5.91 Å². The molecule has 0 bridgehead atoms. The average molecular weight is 404 g/mol. The standard InChI is InChI=1S/C24H25N3OS/c1-16-15-24(2,3)27(5)20-12-11-17(13-19(16)20)14-21-22(28)26(4)23(29-21)25-18-9-7-6-8-10-18/h6-15H,1-5H3/b21-14+,25-23?. The SMILES string of the molecule is CC1=CC(C)(C)N(C)c2ccc(/C=C3/SC(=Nc4ccccc4)N(C)C3=O)cc21. The number of carbonyl (C=O) groups is 1. The van der Waals surface area contributed by atoms with Crippen molar-refractivity contribution in [2.75, 3.05) is 19.0 Å². The number of hydrogen-bond donors (Lipinski definition) is 0. The van der Waals surface area contributed by atoms with Gasteiger partial charge in [0.15, 0.2) is 5.17 Å². The Morgan fingerprint density at radius 1 is 1.07 bits per heavy atom. The minimum absolute atomic E-state index is 0.0140. The lowest BCUT2D eigenvalue weighted by Crippen LogP contribution is -2.42. The quantitative estimate of drug-likeness (QED) is 0.617. The summed E-state index contributed by atoms with van der Waals surface area (Å²) in [5.74, 6) is -0.0204. The molecule has 0 atom stereocenters. The predicted molar refractivity (Wildman–Crippen MR) is 124 cm³/mol. The van der Waals surface area contributed by atoms with Gasteiger partial charge in [-0.3, -0.25) is 9.69 Å². The second-order valence-electron chi connectivity index (χ2n) is 8.02. The molecule has 0 N–H and O–H groups in total. The maximum absolute atomic E-state index is 12.7. The van der Waals surface area contributed by atoms with E-state index in [9.17, 15) is 4.79 Å². The van der Waals surface area contributed by atoms with Crippen LogP contribution in [-0.2, 0) is 4.79 Å². The highest BCUT2D eigenvalue weighted by Gasteiger charge is 2.31. The summed E-state index contributed by atoms with van der Waals surface area (Å²) in [7, 11) is 3.90. The molecule has 1 amide bonds. The number of nitrogens with zero attached hydrogens (tertiary/aromatic N) is 3. The van der Waals surface area contributed by atoms with Gasteiger partial charge in [-0.15, -0.1) is 0 Å². The van der Waals surface area contributed by atoms with Gasteiger partial charge in [0, 0.05) is 25.3 Å². The van der Waals surface area contributed by atoms with E-state index in [0.29, 0.717) is 10.1 Å². The molecule has 2 aliphatic rings. The summed E-state index contributed by atoms with van der Waals surface area (Å²) < 4.78 is 0. The Morgan fingerprint density at radius 2 is 1.79 bits per heavy atom. The molecule has 29 heavy (non-hydrogen) atoms. The Labute approximate surface area is 176 Å². The number of amides is 1. The van der Waals surface area contributed by atoms with Gasteiger partial charge in [0.05, 0.1) is 16.1 Å². The fraction of sp³-hybridized carbons (Fsp3) is 0.250. The Bertz CT molecular complexity index is 1070. The summed E-state index contributed by atoms with van der Waals surface area (Å²) in [6, 6.07) is 16.1. The maximum Gasteiger partial charge on any atom is 0.266 e. The van der Waals surface area contributed by atoms with Crippen molar-refractivity contribution in [2.45, 2.75) is 26.3 Å². The van der Waals surface area contributed by atoms with Gasteiger partial charge >= 0.3 is 0 Å². The molecule has 4 nitrogen and oxygen atoms in total. The van der Waals surface area contributed by atoms with Crippen LogP contribution in [0.15, 0.2) is 64.5 Å². The molecular weight excluding hydrogens is 378 g/mol. The third-order valence-electron chi connectivity index (χ3n) is 5.52. The van der Waals surface area contributed by atoms with Crippen LogP contribution >= 0.6 is 11.8 Å². The number of anilines is 1.